The smallest absolute Gasteiger partial charge is 0.244 e. The summed E-state index contributed by atoms with van der Waals surface area (Å²) in [6, 6.07) is 9.53. The Kier molecular flexibility index (Phi) is 7.02. The van der Waals surface area contributed by atoms with Crippen molar-refractivity contribution in [3.63, 3.8) is 0 Å². The maximum absolute atomic E-state index is 13.0. The summed E-state index contributed by atoms with van der Waals surface area (Å²) in [5, 5.41) is 0. The number of sulfonamides is 1. The Labute approximate surface area is 187 Å². The van der Waals surface area contributed by atoms with E-state index in [1.807, 2.05) is 4.90 Å². The van der Waals surface area contributed by atoms with E-state index in [2.05, 4.69) is 9.88 Å². The summed E-state index contributed by atoms with van der Waals surface area (Å²) in [5.41, 5.74) is 0.940. The fourth-order valence-electron chi connectivity index (χ4n) is 3.89. The standard InChI is InChI=1S/C22H27FN4O4S/c23-19-4-1-18(2-5-19)3-8-22(28)26-11-9-25(10-12-26)21-7-6-20(17-24-21)32(29,30)27-13-15-31-16-14-27/h1-2,4-7,17H,3,8-16H2. The summed E-state index contributed by atoms with van der Waals surface area (Å²) < 4.78 is 45.1. The largest absolute Gasteiger partial charge is 0.379 e. The van der Waals surface area contributed by atoms with Crippen LogP contribution in [0.4, 0.5) is 10.2 Å². The Hall–Kier alpha value is -2.56. The molecular weight excluding hydrogens is 435 g/mol. The number of anilines is 1. The first kappa shape index (κ1) is 22.6. The normalized spacial score (nSPS) is 18.0. The lowest BCUT2D eigenvalue weighted by Crippen LogP contribution is -2.49. The second kappa shape index (κ2) is 9.93. The first-order chi connectivity index (χ1) is 15.4. The van der Waals surface area contributed by atoms with Crippen LogP contribution in [0.1, 0.15) is 12.0 Å². The van der Waals surface area contributed by atoms with Crippen LogP contribution in [-0.4, -0.2) is 81.0 Å². The predicted molar refractivity (Wildman–Crippen MR) is 117 cm³/mol. The topological polar surface area (TPSA) is 83.1 Å². The highest BCUT2D eigenvalue weighted by molar-refractivity contribution is 7.89. The van der Waals surface area contributed by atoms with Gasteiger partial charge in [-0.1, -0.05) is 12.1 Å². The molecule has 3 heterocycles. The molecule has 1 aromatic heterocycles. The van der Waals surface area contributed by atoms with Gasteiger partial charge in [-0.2, -0.15) is 4.31 Å². The molecule has 8 nitrogen and oxygen atoms in total. The van der Waals surface area contributed by atoms with Crippen LogP contribution in [0.25, 0.3) is 0 Å². The Morgan fingerprint density at radius 3 is 2.28 bits per heavy atom. The van der Waals surface area contributed by atoms with Crippen LogP contribution in [0.2, 0.25) is 0 Å². The highest BCUT2D eigenvalue weighted by Gasteiger charge is 2.27. The number of benzene rings is 1. The number of hydrogen-bond acceptors (Lipinski definition) is 6. The molecule has 2 saturated heterocycles. The maximum atomic E-state index is 13.0. The Morgan fingerprint density at radius 2 is 1.66 bits per heavy atom. The first-order valence-electron chi connectivity index (χ1n) is 10.7. The van der Waals surface area contributed by atoms with E-state index in [1.165, 1.54) is 22.6 Å². The number of nitrogens with zero attached hydrogens (tertiary/aromatic N) is 4. The fraction of sp³-hybridized carbons (Fsp3) is 0.455. The molecule has 0 N–H and O–H groups in total. The molecule has 1 aromatic carbocycles. The van der Waals surface area contributed by atoms with E-state index in [1.54, 1.807) is 24.3 Å². The Morgan fingerprint density at radius 1 is 0.969 bits per heavy atom. The zero-order chi connectivity index (χ0) is 22.6. The zero-order valence-electron chi connectivity index (χ0n) is 17.8. The van der Waals surface area contributed by atoms with Gasteiger partial charge in [-0.15, -0.1) is 0 Å². The molecular formula is C22H27FN4O4S. The van der Waals surface area contributed by atoms with Crippen molar-refractivity contribution in [2.75, 3.05) is 57.4 Å². The lowest BCUT2D eigenvalue weighted by atomic mass is 10.1. The average Bonchev–Trinajstić information content (AvgIpc) is 2.84. The van der Waals surface area contributed by atoms with Gasteiger partial charge in [-0.25, -0.2) is 17.8 Å². The highest BCUT2D eigenvalue weighted by atomic mass is 32.2. The van der Waals surface area contributed by atoms with Crippen LogP contribution in [0.15, 0.2) is 47.5 Å². The van der Waals surface area contributed by atoms with Crippen molar-refractivity contribution in [1.82, 2.24) is 14.2 Å². The number of aromatic nitrogens is 1. The summed E-state index contributed by atoms with van der Waals surface area (Å²) in [5.74, 6) is 0.495. The van der Waals surface area contributed by atoms with E-state index in [0.29, 0.717) is 71.1 Å². The lowest BCUT2D eigenvalue weighted by molar-refractivity contribution is -0.131. The van der Waals surface area contributed by atoms with Gasteiger partial charge in [0.15, 0.2) is 0 Å². The molecule has 0 radical (unpaired) electrons. The van der Waals surface area contributed by atoms with E-state index in [-0.39, 0.29) is 16.6 Å². The van der Waals surface area contributed by atoms with Crippen LogP contribution in [0, 0.1) is 5.82 Å². The Bertz CT molecular complexity index is 1020. The van der Waals surface area contributed by atoms with E-state index in [9.17, 15) is 17.6 Å². The van der Waals surface area contributed by atoms with Crippen molar-refractivity contribution in [3.05, 3.63) is 54.0 Å². The molecule has 172 valence electrons. The van der Waals surface area contributed by atoms with Crippen LogP contribution < -0.4 is 4.90 Å². The second-order valence-electron chi connectivity index (χ2n) is 7.86. The third kappa shape index (κ3) is 5.25. The fourth-order valence-corrected chi connectivity index (χ4v) is 5.25. The van der Waals surface area contributed by atoms with Gasteiger partial charge in [0.1, 0.15) is 16.5 Å². The number of ether oxygens (including phenoxy) is 1. The van der Waals surface area contributed by atoms with Crippen molar-refractivity contribution in [1.29, 1.82) is 0 Å². The molecule has 1 amide bonds. The summed E-state index contributed by atoms with van der Waals surface area (Å²) >= 11 is 0. The van der Waals surface area contributed by atoms with Gasteiger partial charge in [0.25, 0.3) is 0 Å². The molecule has 0 atom stereocenters. The molecule has 0 bridgehead atoms. The molecule has 0 aliphatic carbocycles. The van der Waals surface area contributed by atoms with Gasteiger partial charge >= 0.3 is 0 Å². The number of morpholine rings is 1. The van der Waals surface area contributed by atoms with Gasteiger partial charge in [0.2, 0.25) is 15.9 Å². The molecule has 4 rings (SSSR count). The molecule has 0 spiro atoms. The highest BCUT2D eigenvalue weighted by Crippen LogP contribution is 2.20. The molecule has 32 heavy (non-hydrogen) atoms. The minimum Gasteiger partial charge on any atom is -0.379 e. The maximum Gasteiger partial charge on any atom is 0.244 e. The van der Waals surface area contributed by atoms with Crippen LogP contribution in [0.3, 0.4) is 0 Å². The van der Waals surface area contributed by atoms with Crippen molar-refractivity contribution in [3.8, 4) is 0 Å². The number of pyridine rings is 1. The van der Waals surface area contributed by atoms with Crippen molar-refractivity contribution < 1.29 is 22.3 Å². The lowest BCUT2D eigenvalue weighted by Gasteiger charge is -2.35. The third-order valence-electron chi connectivity index (χ3n) is 5.83. The van der Waals surface area contributed by atoms with Crippen LogP contribution in [-0.2, 0) is 26.0 Å². The molecule has 2 aliphatic rings. The van der Waals surface area contributed by atoms with Gasteiger partial charge in [0.05, 0.1) is 13.2 Å². The van der Waals surface area contributed by atoms with Gasteiger partial charge in [-0.3, -0.25) is 4.79 Å². The van der Waals surface area contributed by atoms with E-state index >= 15 is 0 Å². The number of carbonyl (C=O) groups excluding carboxylic acids is 1. The molecule has 0 saturated carbocycles. The molecule has 0 unspecified atom stereocenters. The summed E-state index contributed by atoms with van der Waals surface area (Å²) in [6.45, 7) is 3.92. The van der Waals surface area contributed by atoms with Crippen molar-refractivity contribution in [2.24, 2.45) is 0 Å². The molecule has 10 heteroatoms. The number of amides is 1. The van der Waals surface area contributed by atoms with E-state index in [4.69, 9.17) is 4.74 Å². The van der Waals surface area contributed by atoms with Gasteiger partial charge in [0, 0.05) is 51.9 Å². The number of hydrogen-bond donors (Lipinski definition) is 0. The number of aryl methyl sites for hydroxylation is 1. The quantitative estimate of drug-likeness (QED) is 0.648. The number of piperazine rings is 1. The zero-order valence-corrected chi connectivity index (χ0v) is 18.6. The Balaban J connectivity index is 1.29. The molecule has 2 aromatic rings. The van der Waals surface area contributed by atoms with Crippen molar-refractivity contribution >= 4 is 21.7 Å². The number of halogens is 1. The van der Waals surface area contributed by atoms with Gasteiger partial charge < -0.3 is 14.5 Å². The van der Waals surface area contributed by atoms with Crippen LogP contribution >= 0.6 is 0 Å². The summed E-state index contributed by atoms with van der Waals surface area (Å²) in [7, 11) is -3.56. The monoisotopic (exact) mass is 462 g/mol. The number of rotatable bonds is 6. The van der Waals surface area contributed by atoms with Crippen molar-refractivity contribution in [2.45, 2.75) is 17.7 Å². The van der Waals surface area contributed by atoms with E-state index in [0.717, 1.165) is 5.56 Å². The number of carbonyl (C=O) groups is 1. The summed E-state index contributed by atoms with van der Waals surface area (Å²) in [6.07, 6.45) is 2.37. The average molecular weight is 463 g/mol. The SMILES string of the molecule is O=C(CCc1ccc(F)cc1)N1CCN(c2ccc(S(=O)(=O)N3CCOCC3)cn2)CC1. The molecule has 2 aliphatic heterocycles. The summed E-state index contributed by atoms with van der Waals surface area (Å²) in [4.78, 5) is 21.0. The first-order valence-corrected chi connectivity index (χ1v) is 12.2. The minimum atomic E-state index is -3.56. The van der Waals surface area contributed by atoms with E-state index < -0.39 is 10.0 Å². The molecule has 2 fully saturated rings. The predicted octanol–water partition coefficient (Wildman–Crippen LogP) is 1.52. The third-order valence-corrected chi connectivity index (χ3v) is 7.71. The van der Waals surface area contributed by atoms with Gasteiger partial charge in [-0.05, 0) is 36.2 Å². The van der Waals surface area contributed by atoms with Crippen LogP contribution in [0.5, 0.6) is 0 Å². The second-order valence-corrected chi connectivity index (χ2v) is 9.80. The minimum absolute atomic E-state index is 0.0777.